The third-order valence-corrected chi connectivity index (χ3v) is 7.25. The number of amides is 1. The highest BCUT2D eigenvalue weighted by Crippen LogP contribution is 2.39. The lowest BCUT2D eigenvalue weighted by Gasteiger charge is -2.37. The van der Waals surface area contributed by atoms with Crippen LogP contribution in [0.15, 0.2) is 58.9 Å². The quantitative estimate of drug-likeness (QED) is 0.637. The lowest BCUT2D eigenvalue weighted by molar-refractivity contribution is 0.1000. The molecule has 29 heavy (non-hydrogen) atoms. The number of anilines is 1. The van der Waals surface area contributed by atoms with Crippen LogP contribution in [0.5, 0.6) is 0 Å². The van der Waals surface area contributed by atoms with Crippen molar-refractivity contribution in [3.05, 3.63) is 76.8 Å². The first-order valence-corrected chi connectivity index (χ1v) is 10.7. The van der Waals surface area contributed by atoms with Gasteiger partial charge in [-0.05, 0) is 55.8 Å². The number of nitrogens with zero attached hydrogens (tertiary/aromatic N) is 2. The molecule has 1 aromatic heterocycles. The van der Waals surface area contributed by atoms with Gasteiger partial charge in [-0.2, -0.15) is 0 Å². The van der Waals surface area contributed by atoms with Crippen molar-refractivity contribution in [1.29, 1.82) is 0 Å². The van der Waals surface area contributed by atoms with E-state index in [9.17, 15) is 22.0 Å². The largest absolute Gasteiger partial charge is 0.366 e. The third-order valence-electron chi connectivity index (χ3n) is 4.40. The number of hydrogen-bond donors (Lipinski definition) is 1. The number of carbonyl (C=O) groups excluding carboxylic acids is 1. The number of hydrogen-bond acceptors (Lipinski definition) is 5. The summed E-state index contributed by atoms with van der Waals surface area (Å²) in [6, 6.07) is 8.36. The summed E-state index contributed by atoms with van der Waals surface area (Å²) in [4.78, 5) is 15.3. The van der Waals surface area contributed by atoms with Crippen LogP contribution in [0, 0.1) is 11.6 Å². The molecule has 0 aliphatic rings. The third kappa shape index (κ3) is 3.85. The van der Waals surface area contributed by atoms with Gasteiger partial charge in [0, 0.05) is 17.1 Å². The van der Waals surface area contributed by atoms with Crippen LogP contribution in [0.1, 0.15) is 29.8 Å². The second-order valence-corrected chi connectivity index (χ2v) is 9.32. The number of aromatic nitrogens is 1. The lowest BCUT2D eigenvalue weighted by atomic mass is 9.94. The Bertz CT molecular complexity index is 1150. The highest BCUT2D eigenvalue weighted by atomic mass is 32.2. The van der Waals surface area contributed by atoms with Gasteiger partial charge < -0.3 is 5.73 Å². The molecule has 1 heterocycles. The van der Waals surface area contributed by atoms with Crippen molar-refractivity contribution >= 4 is 32.4 Å². The highest BCUT2D eigenvalue weighted by molar-refractivity contribution is 7.93. The molecular formula is C19H17F2N3O3S2. The molecule has 0 atom stereocenters. The summed E-state index contributed by atoms with van der Waals surface area (Å²) in [7, 11) is -4.18. The predicted molar refractivity (Wildman–Crippen MR) is 106 cm³/mol. The van der Waals surface area contributed by atoms with Gasteiger partial charge in [0.1, 0.15) is 0 Å². The van der Waals surface area contributed by atoms with Crippen molar-refractivity contribution < 1.29 is 22.0 Å². The number of benzene rings is 2. The zero-order valence-corrected chi connectivity index (χ0v) is 17.1. The Morgan fingerprint density at radius 3 is 2.28 bits per heavy atom. The van der Waals surface area contributed by atoms with Gasteiger partial charge in [-0.3, -0.25) is 4.79 Å². The van der Waals surface area contributed by atoms with E-state index >= 15 is 0 Å². The SMILES string of the molecule is CC(C)(c1ccc(F)c(F)c1)N(c1nccs1)S(=O)(=O)c1ccc(C(N)=O)cc1. The molecule has 0 saturated carbocycles. The van der Waals surface area contributed by atoms with Crippen LogP contribution in [0.4, 0.5) is 13.9 Å². The van der Waals surface area contributed by atoms with E-state index in [2.05, 4.69) is 4.98 Å². The molecule has 10 heteroatoms. The Hall–Kier alpha value is -2.85. The topological polar surface area (TPSA) is 93.4 Å². The maximum Gasteiger partial charge on any atom is 0.266 e. The monoisotopic (exact) mass is 437 g/mol. The lowest BCUT2D eigenvalue weighted by Crippen LogP contribution is -2.46. The van der Waals surface area contributed by atoms with Crippen LogP contribution in [0.3, 0.4) is 0 Å². The van der Waals surface area contributed by atoms with E-state index in [0.29, 0.717) is 0 Å². The molecule has 152 valence electrons. The van der Waals surface area contributed by atoms with E-state index in [1.165, 1.54) is 36.5 Å². The summed E-state index contributed by atoms with van der Waals surface area (Å²) in [6.07, 6.45) is 1.44. The number of primary amides is 1. The molecule has 6 nitrogen and oxygen atoms in total. The summed E-state index contributed by atoms with van der Waals surface area (Å²) in [6.45, 7) is 3.13. The van der Waals surface area contributed by atoms with Crippen LogP contribution in [0.2, 0.25) is 0 Å². The van der Waals surface area contributed by atoms with Gasteiger partial charge in [-0.1, -0.05) is 6.07 Å². The predicted octanol–water partition coefficient (Wildman–Crippen LogP) is 3.65. The summed E-state index contributed by atoms with van der Waals surface area (Å²) in [5.41, 5.74) is 4.29. The van der Waals surface area contributed by atoms with Crippen LogP contribution in [-0.2, 0) is 15.6 Å². The molecule has 0 radical (unpaired) electrons. The summed E-state index contributed by atoms with van der Waals surface area (Å²) >= 11 is 1.08. The Morgan fingerprint density at radius 2 is 1.76 bits per heavy atom. The molecular weight excluding hydrogens is 420 g/mol. The Morgan fingerprint density at radius 1 is 1.10 bits per heavy atom. The molecule has 0 bridgehead atoms. The molecule has 0 aliphatic carbocycles. The maximum atomic E-state index is 13.9. The second kappa shape index (κ2) is 7.53. The van der Waals surface area contributed by atoms with Gasteiger partial charge in [0.05, 0.1) is 10.4 Å². The fraction of sp³-hybridized carbons (Fsp3) is 0.158. The first kappa shape index (κ1) is 20.9. The molecule has 0 unspecified atom stereocenters. The van der Waals surface area contributed by atoms with Crippen LogP contribution >= 0.6 is 11.3 Å². The van der Waals surface area contributed by atoms with Crippen molar-refractivity contribution in [1.82, 2.24) is 4.98 Å². The minimum absolute atomic E-state index is 0.103. The summed E-state index contributed by atoms with van der Waals surface area (Å²) in [5, 5.41) is 1.76. The average molecular weight is 437 g/mol. The zero-order chi connectivity index (χ0) is 21.4. The first-order chi connectivity index (χ1) is 13.5. The van der Waals surface area contributed by atoms with E-state index in [0.717, 1.165) is 27.8 Å². The second-order valence-electron chi connectivity index (χ2n) is 6.66. The van der Waals surface area contributed by atoms with Gasteiger partial charge >= 0.3 is 0 Å². The van der Waals surface area contributed by atoms with Crippen molar-refractivity contribution in [3.63, 3.8) is 0 Å². The average Bonchev–Trinajstić information content (AvgIpc) is 3.17. The molecule has 3 aromatic rings. The van der Waals surface area contributed by atoms with E-state index in [4.69, 9.17) is 5.73 Å². The Kier molecular flexibility index (Phi) is 5.42. The van der Waals surface area contributed by atoms with Crippen molar-refractivity contribution in [2.45, 2.75) is 24.3 Å². The van der Waals surface area contributed by atoms with Crippen LogP contribution < -0.4 is 10.0 Å². The van der Waals surface area contributed by atoms with Crippen molar-refractivity contribution in [2.24, 2.45) is 5.73 Å². The number of thiazole rings is 1. The fourth-order valence-corrected chi connectivity index (χ4v) is 5.61. The molecule has 2 aromatic carbocycles. The molecule has 0 fully saturated rings. The number of nitrogens with two attached hydrogens (primary N) is 1. The summed E-state index contributed by atoms with van der Waals surface area (Å²) < 4.78 is 55.3. The minimum atomic E-state index is -4.18. The van der Waals surface area contributed by atoms with Gasteiger partial charge in [-0.25, -0.2) is 26.5 Å². The summed E-state index contributed by atoms with van der Waals surface area (Å²) in [5.74, 6) is -2.80. The molecule has 2 N–H and O–H groups in total. The minimum Gasteiger partial charge on any atom is -0.366 e. The van der Waals surface area contributed by atoms with E-state index in [-0.39, 0.29) is 21.2 Å². The Balaban J connectivity index is 2.17. The number of halogens is 2. The standard InChI is InChI=1S/C19H17F2N3O3S2/c1-19(2,13-5-8-15(20)16(21)11-13)24(18-23-9-10-28-18)29(26,27)14-6-3-12(4-7-14)17(22)25/h3-11H,1-2H3,(H2,22,25). The van der Waals surface area contributed by atoms with Gasteiger partial charge in [0.2, 0.25) is 5.91 Å². The maximum absolute atomic E-state index is 13.9. The Labute approximate surface area is 170 Å². The van der Waals surface area contributed by atoms with Crippen molar-refractivity contribution in [2.75, 3.05) is 4.31 Å². The first-order valence-electron chi connectivity index (χ1n) is 8.35. The van der Waals surface area contributed by atoms with Gasteiger partial charge in [-0.15, -0.1) is 11.3 Å². The molecule has 0 saturated heterocycles. The smallest absolute Gasteiger partial charge is 0.266 e. The van der Waals surface area contributed by atoms with E-state index < -0.39 is 33.1 Å². The number of rotatable bonds is 6. The zero-order valence-electron chi connectivity index (χ0n) is 15.5. The van der Waals surface area contributed by atoms with Crippen LogP contribution in [0.25, 0.3) is 0 Å². The number of carbonyl (C=O) groups is 1. The van der Waals surface area contributed by atoms with Crippen LogP contribution in [-0.4, -0.2) is 19.3 Å². The fourth-order valence-electron chi connectivity index (χ4n) is 2.85. The van der Waals surface area contributed by atoms with Gasteiger partial charge in [0.25, 0.3) is 10.0 Å². The molecule has 0 aliphatic heterocycles. The van der Waals surface area contributed by atoms with E-state index in [1.54, 1.807) is 19.2 Å². The normalized spacial score (nSPS) is 12.0. The van der Waals surface area contributed by atoms with Gasteiger partial charge in [0.15, 0.2) is 16.8 Å². The molecule has 1 amide bonds. The molecule has 0 spiro atoms. The molecule has 3 rings (SSSR count). The van der Waals surface area contributed by atoms with E-state index in [1.807, 2.05) is 0 Å². The number of sulfonamides is 1. The highest BCUT2D eigenvalue weighted by Gasteiger charge is 2.40. The van der Waals surface area contributed by atoms with Crippen molar-refractivity contribution in [3.8, 4) is 0 Å².